The molecule has 0 aliphatic rings. The van der Waals surface area contributed by atoms with Crippen molar-refractivity contribution in [2.24, 2.45) is 0 Å². The maximum absolute atomic E-state index is 3.56. The van der Waals surface area contributed by atoms with Crippen LogP contribution in [0.5, 0.6) is 0 Å². The average molecular weight is 369 g/mol. The first-order chi connectivity index (χ1) is 8.54. The van der Waals surface area contributed by atoms with Gasteiger partial charge in [-0.2, -0.15) is 0 Å². The third kappa shape index (κ3) is 3.59. The van der Waals surface area contributed by atoms with Crippen LogP contribution in [-0.4, -0.2) is 0 Å². The predicted octanol–water partition coefficient (Wildman–Crippen LogP) is 5.44. The Morgan fingerprint density at radius 2 is 1.61 bits per heavy atom. The minimum absolute atomic E-state index is 0.836. The summed E-state index contributed by atoms with van der Waals surface area (Å²) in [7, 11) is 0. The summed E-state index contributed by atoms with van der Waals surface area (Å²) in [6, 6.07) is 12.8. The molecule has 94 valence electrons. The molecular weight excluding hydrogens is 354 g/mol. The Labute approximate surface area is 125 Å². The summed E-state index contributed by atoms with van der Waals surface area (Å²) in [5, 5.41) is 3.44. The van der Waals surface area contributed by atoms with E-state index in [0.29, 0.717) is 0 Å². The third-order valence-corrected chi connectivity index (χ3v) is 3.84. The fourth-order valence-electron chi connectivity index (χ4n) is 2.00. The summed E-state index contributed by atoms with van der Waals surface area (Å²) in [6.07, 6.45) is 0. The fraction of sp³-hybridized carbons (Fsp3) is 0.200. The molecule has 3 heteroatoms. The van der Waals surface area contributed by atoms with Gasteiger partial charge in [0.2, 0.25) is 0 Å². The second-order valence-corrected chi connectivity index (χ2v) is 6.24. The molecule has 0 unspecified atom stereocenters. The van der Waals surface area contributed by atoms with Gasteiger partial charge in [-0.25, -0.2) is 0 Å². The smallest absolute Gasteiger partial charge is 0.0488 e. The topological polar surface area (TPSA) is 12.0 Å². The summed E-state index contributed by atoms with van der Waals surface area (Å²) >= 11 is 7.01. The minimum Gasteiger partial charge on any atom is -0.380 e. The molecule has 2 aromatic carbocycles. The molecule has 2 aromatic rings. The zero-order valence-electron chi connectivity index (χ0n) is 10.4. The first kappa shape index (κ1) is 13.6. The van der Waals surface area contributed by atoms with E-state index in [4.69, 9.17) is 0 Å². The van der Waals surface area contributed by atoms with E-state index in [-0.39, 0.29) is 0 Å². The quantitative estimate of drug-likeness (QED) is 0.760. The lowest BCUT2D eigenvalue weighted by molar-refractivity contribution is 1.13. The lowest BCUT2D eigenvalue weighted by Gasteiger charge is -2.10. The lowest BCUT2D eigenvalue weighted by atomic mass is 10.1. The van der Waals surface area contributed by atoms with E-state index in [1.807, 2.05) is 12.1 Å². The summed E-state index contributed by atoms with van der Waals surface area (Å²) in [5.41, 5.74) is 5.03. The maximum Gasteiger partial charge on any atom is 0.0488 e. The number of rotatable bonds is 3. The second-order valence-electron chi connectivity index (χ2n) is 4.47. The van der Waals surface area contributed by atoms with Gasteiger partial charge in [-0.1, -0.05) is 45.3 Å². The minimum atomic E-state index is 0.836. The molecule has 18 heavy (non-hydrogen) atoms. The van der Waals surface area contributed by atoms with E-state index in [9.17, 15) is 0 Å². The normalized spacial score (nSPS) is 10.4. The number of benzene rings is 2. The van der Waals surface area contributed by atoms with Crippen molar-refractivity contribution in [2.45, 2.75) is 20.4 Å². The number of nitrogens with one attached hydrogen (secondary N) is 1. The van der Waals surface area contributed by atoms with Crippen LogP contribution in [0.3, 0.4) is 0 Å². The van der Waals surface area contributed by atoms with Gasteiger partial charge in [-0.15, -0.1) is 0 Å². The number of aryl methyl sites for hydroxylation is 2. The molecule has 0 saturated carbocycles. The molecule has 0 aromatic heterocycles. The van der Waals surface area contributed by atoms with Crippen molar-refractivity contribution in [3.8, 4) is 0 Å². The van der Waals surface area contributed by atoms with Gasteiger partial charge >= 0.3 is 0 Å². The highest BCUT2D eigenvalue weighted by atomic mass is 79.9. The van der Waals surface area contributed by atoms with Crippen LogP contribution in [0.4, 0.5) is 5.69 Å². The van der Waals surface area contributed by atoms with Gasteiger partial charge in [0, 0.05) is 21.2 Å². The zero-order valence-corrected chi connectivity index (χ0v) is 13.6. The van der Waals surface area contributed by atoms with Crippen molar-refractivity contribution < 1.29 is 0 Å². The van der Waals surface area contributed by atoms with E-state index in [0.717, 1.165) is 21.2 Å². The Bertz CT molecular complexity index is 544. The van der Waals surface area contributed by atoms with Crippen molar-refractivity contribution in [1.82, 2.24) is 0 Å². The first-order valence-electron chi connectivity index (χ1n) is 5.81. The molecule has 0 aliphatic heterocycles. The molecule has 0 spiro atoms. The molecule has 0 heterocycles. The van der Waals surface area contributed by atoms with Gasteiger partial charge < -0.3 is 5.32 Å². The van der Waals surface area contributed by atoms with Crippen molar-refractivity contribution in [3.63, 3.8) is 0 Å². The van der Waals surface area contributed by atoms with E-state index >= 15 is 0 Å². The maximum atomic E-state index is 3.56. The van der Waals surface area contributed by atoms with Crippen LogP contribution in [0.25, 0.3) is 0 Å². The van der Waals surface area contributed by atoms with Crippen LogP contribution in [0.15, 0.2) is 45.3 Å². The molecule has 0 bridgehead atoms. The van der Waals surface area contributed by atoms with Crippen molar-refractivity contribution in [3.05, 3.63) is 62.0 Å². The Morgan fingerprint density at radius 3 is 2.22 bits per heavy atom. The number of hydrogen-bond acceptors (Lipinski definition) is 1. The largest absolute Gasteiger partial charge is 0.380 e. The van der Waals surface area contributed by atoms with Crippen LogP contribution in [0, 0.1) is 13.8 Å². The predicted molar refractivity (Wildman–Crippen MR) is 85.1 cm³/mol. The van der Waals surface area contributed by atoms with Gasteiger partial charge in [-0.3, -0.25) is 0 Å². The number of anilines is 1. The van der Waals surface area contributed by atoms with Crippen LogP contribution >= 0.6 is 31.9 Å². The number of hydrogen-bond donors (Lipinski definition) is 1. The molecule has 1 N–H and O–H groups in total. The fourth-order valence-corrected chi connectivity index (χ4v) is 3.19. The Balaban J connectivity index is 2.11. The molecule has 2 rings (SSSR count). The van der Waals surface area contributed by atoms with Gasteiger partial charge in [0.05, 0.1) is 0 Å². The highest BCUT2D eigenvalue weighted by molar-refractivity contribution is 9.11. The zero-order chi connectivity index (χ0) is 13.1. The molecule has 0 amide bonds. The van der Waals surface area contributed by atoms with Crippen LogP contribution in [0.1, 0.15) is 16.7 Å². The summed E-state index contributed by atoms with van der Waals surface area (Å²) in [6.45, 7) is 5.10. The van der Waals surface area contributed by atoms with Crippen molar-refractivity contribution in [2.75, 3.05) is 5.32 Å². The number of halogens is 2. The van der Waals surface area contributed by atoms with Gasteiger partial charge in [0.1, 0.15) is 0 Å². The van der Waals surface area contributed by atoms with Gasteiger partial charge in [0.25, 0.3) is 0 Å². The second kappa shape index (κ2) is 5.89. The summed E-state index contributed by atoms with van der Waals surface area (Å²) < 4.78 is 2.15. The molecule has 0 aliphatic carbocycles. The molecular formula is C15H15Br2N. The van der Waals surface area contributed by atoms with Crippen molar-refractivity contribution in [1.29, 1.82) is 0 Å². The molecule has 0 radical (unpaired) electrons. The standard InChI is InChI=1S/C15H15Br2N/c1-10-5-11(2)7-12(6-10)9-18-15-4-3-13(16)8-14(15)17/h3-8,18H,9H2,1-2H3. The van der Waals surface area contributed by atoms with E-state index in [1.165, 1.54) is 16.7 Å². The summed E-state index contributed by atoms with van der Waals surface area (Å²) in [4.78, 5) is 0. The highest BCUT2D eigenvalue weighted by Crippen LogP contribution is 2.26. The van der Waals surface area contributed by atoms with Gasteiger partial charge in [0.15, 0.2) is 0 Å². The van der Waals surface area contributed by atoms with E-state index < -0.39 is 0 Å². The van der Waals surface area contributed by atoms with Crippen molar-refractivity contribution >= 4 is 37.5 Å². The molecule has 0 saturated heterocycles. The molecule has 0 fully saturated rings. The Kier molecular flexibility index (Phi) is 4.46. The molecule has 0 atom stereocenters. The molecule has 1 nitrogen and oxygen atoms in total. The van der Waals surface area contributed by atoms with Crippen LogP contribution in [0.2, 0.25) is 0 Å². The average Bonchev–Trinajstić information content (AvgIpc) is 2.26. The highest BCUT2D eigenvalue weighted by Gasteiger charge is 2.01. The SMILES string of the molecule is Cc1cc(C)cc(CNc2ccc(Br)cc2Br)c1. The Hall–Kier alpha value is -0.800. The third-order valence-electron chi connectivity index (χ3n) is 2.70. The first-order valence-corrected chi connectivity index (χ1v) is 7.39. The lowest BCUT2D eigenvalue weighted by Crippen LogP contribution is -2.00. The monoisotopic (exact) mass is 367 g/mol. The Morgan fingerprint density at radius 1 is 0.944 bits per heavy atom. The van der Waals surface area contributed by atoms with Crippen LogP contribution < -0.4 is 5.32 Å². The summed E-state index contributed by atoms with van der Waals surface area (Å²) in [5.74, 6) is 0. The van der Waals surface area contributed by atoms with Gasteiger partial charge in [-0.05, 0) is 53.5 Å². The van der Waals surface area contributed by atoms with E-state index in [1.54, 1.807) is 0 Å². The van der Waals surface area contributed by atoms with E-state index in [2.05, 4.69) is 75.3 Å². The van der Waals surface area contributed by atoms with Crippen LogP contribution in [-0.2, 0) is 6.54 Å².